The van der Waals surface area contributed by atoms with Crippen molar-refractivity contribution in [2.75, 3.05) is 10.6 Å². The Morgan fingerprint density at radius 3 is 2.75 bits per heavy atom. The highest BCUT2D eigenvalue weighted by molar-refractivity contribution is 7.71. The number of imidazole rings is 1. The van der Waals surface area contributed by atoms with Crippen LogP contribution in [0, 0.1) is 14.9 Å². The molecule has 0 atom stereocenters. The number of H-pyrrole nitrogens is 1. The molecule has 9 heteroatoms. The van der Waals surface area contributed by atoms with Gasteiger partial charge in [-0.15, -0.1) is 0 Å². The van der Waals surface area contributed by atoms with Crippen molar-refractivity contribution in [3.63, 3.8) is 0 Å². The molecule has 1 saturated carbocycles. The van der Waals surface area contributed by atoms with Crippen LogP contribution >= 0.6 is 12.2 Å². The van der Waals surface area contributed by atoms with Gasteiger partial charge in [-0.2, -0.15) is 0 Å². The number of carbonyl (C=O) groups excluding carboxylic acids is 1. The summed E-state index contributed by atoms with van der Waals surface area (Å²) in [4.78, 5) is 26.4. The molecule has 1 amide bonds. The van der Waals surface area contributed by atoms with Gasteiger partial charge >= 0.3 is 0 Å². The molecule has 0 bridgehead atoms. The first kappa shape index (κ1) is 17.9. The van der Waals surface area contributed by atoms with E-state index in [1.54, 1.807) is 47.3 Å². The second kappa shape index (κ2) is 7.28. The van der Waals surface area contributed by atoms with Gasteiger partial charge in [0.1, 0.15) is 5.69 Å². The van der Waals surface area contributed by atoms with Crippen molar-refractivity contribution in [1.29, 1.82) is 0 Å². The van der Waals surface area contributed by atoms with Crippen LogP contribution in [0.4, 0.5) is 17.1 Å². The van der Waals surface area contributed by atoms with Crippen LogP contribution in [-0.4, -0.2) is 26.4 Å². The molecule has 1 aliphatic carbocycles. The molecule has 0 radical (unpaired) electrons. The number of benzene rings is 2. The van der Waals surface area contributed by atoms with Crippen LogP contribution in [0.5, 0.6) is 0 Å². The number of nitrogens with one attached hydrogen (secondary N) is 3. The van der Waals surface area contributed by atoms with Crippen molar-refractivity contribution in [1.82, 2.24) is 9.55 Å². The lowest BCUT2D eigenvalue weighted by atomic mass is 10.1. The molecule has 1 heterocycles. The van der Waals surface area contributed by atoms with Crippen LogP contribution < -0.4 is 10.6 Å². The van der Waals surface area contributed by atoms with E-state index in [1.165, 1.54) is 6.07 Å². The van der Waals surface area contributed by atoms with Crippen LogP contribution in [0.25, 0.3) is 5.69 Å². The second-order valence-corrected chi connectivity index (χ2v) is 6.93. The minimum absolute atomic E-state index is 0.105. The topological polar surface area (TPSA) is 105 Å². The summed E-state index contributed by atoms with van der Waals surface area (Å²) in [5, 5.41) is 17.3. The fourth-order valence-electron chi connectivity index (χ4n) is 2.85. The van der Waals surface area contributed by atoms with Crippen molar-refractivity contribution in [3.8, 4) is 5.69 Å². The van der Waals surface area contributed by atoms with Gasteiger partial charge in [0, 0.05) is 41.4 Å². The van der Waals surface area contributed by atoms with Crippen molar-refractivity contribution in [3.05, 3.63) is 75.3 Å². The molecule has 1 aromatic heterocycles. The van der Waals surface area contributed by atoms with Crippen molar-refractivity contribution in [2.24, 2.45) is 0 Å². The smallest absolute Gasteiger partial charge is 0.293 e. The maximum Gasteiger partial charge on any atom is 0.293 e. The minimum atomic E-state index is -0.476. The van der Waals surface area contributed by atoms with Crippen LogP contribution in [0.3, 0.4) is 0 Å². The predicted octanol–water partition coefficient (Wildman–Crippen LogP) is 4.27. The van der Waals surface area contributed by atoms with E-state index in [1.807, 2.05) is 6.07 Å². The monoisotopic (exact) mass is 395 g/mol. The summed E-state index contributed by atoms with van der Waals surface area (Å²) in [6.45, 7) is 0. The molecule has 2 aromatic carbocycles. The molecule has 3 aromatic rings. The van der Waals surface area contributed by atoms with E-state index in [0.717, 1.165) is 18.5 Å². The molecule has 28 heavy (non-hydrogen) atoms. The molecule has 0 saturated heterocycles. The molecular formula is C19H17N5O3S. The quantitative estimate of drug-likeness (QED) is 0.328. The Bertz CT molecular complexity index is 1120. The maximum absolute atomic E-state index is 12.6. The SMILES string of the molecule is O=C(Nc1cccc(-n2cc[nH]c2=S)c1)c1ccc(NC2CC2)c([N+](=O)[O-])c1. The number of aromatic nitrogens is 2. The van der Waals surface area contributed by atoms with E-state index in [4.69, 9.17) is 12.2 Å². The molecule has 0 unspecified atom stereocenters. The molecule has 0 spiro atoms. The first-order valence-electron chi connectivity index (χ1n) is 8.74. The Labute approximate surface area is 165 Å². The van der Waals surface area contributed by atoms with Crippen LogP contribution in [0.2, 0.25) is 0 Å². The number of aromatic amines is 1. The standard InChI is InChI=1S/C19H17N5O3S/c25-18(12-4-7-16(21-13-5-6-13)17(10-12)24(26)27)22-14-2-1-3-15(11-14)23-9-8-20-19(23)28/h1-4,7-11,13,21H,5-6H2,(H,20,28)(H,22,25). The molecular weight excluding hydrogens is 378 g/mol. The fraction of sp³-hybridized carbons (Fsp3) is 0.158. The average molecular weight is 395 g/mol. The van der Waals surface area contributed by atoms with Gasteiger partial charge in [-0.05, 0) is 55.4 Å². The van der Waals surface area contributed by atoms with Crippen LogP contribution in [0.1, 0.15) is 23.2 Å². The highest BCUT2D eigenvalue weighted by atomic mass is 32.1. The summed E-state index contributed by atoms with van der Waals surface area (Å²) in [7, 11) is 0. The number of nitrogens with zero attached hydrogens (tertiary/aromatic N) is 2. The van der Waals surface area contributed by atoms with E-state index < -0.39 is 10.8 Å². The lowest BCUT2D eigenvalue weighted by Gasteiger charge is -2.10. The zero-order valence-electron chi connectivity index (χ0n) is 14.7. The first-order valence-corrected chi connectivity index (χ1v) is 9.15. The van der Waals surface area contributed by atoms with Crippen molar-refractivity contribution >= 4 is 35.2 Å². The molecule has 8 nitrogen and oxygen atoms in total. The lowest BCUT2D eigenvalue weighted by Crippen LogP contribution is -2.13. The number of nitro benzene ring substituents is 1. The summed E-state index contributed by atoms with van der Waals surface area (Å²) in [5.41, 5.74) is 1.91. The van der Waals surface area contributed by atoms with E-state index in [9.17, 15) is 14.9 Å². The van der Waals surface area contributed by atoms with E-state index in [-0.39, 0.29) is 17.3 Å². The Morgan fingerprint density at radius 1 is 1.25 bits per heavy atom. The van der Waals surface area contributed by atoms with E-state index >= 15 is 0 Å². The van der Waals surface area contributed by atoms with E-state index in [2.05, 4.69) is 15.6 Å². The van der Waals surface area contributed by atoms with Crippen LogP contribution in [-0.2, 0) is 0 Å². The fourth-order valence-corrected chi connectivity index (χ4v) is 3.09. The summed E-state index contributed by atoms with van der Waals surface area (Å²) in [6.07, 6.45) is 5.52. The summed E-state index contributed by atoms with van der Waals surface area (Å²) < 4.78 is 2.31. The third-order valence-electron chi connectivity index (χ3n) is 4.43. The number of anilines is 2. The average Bonchev–Trinajstić information content (AvgIpc) is 3.39. The van der Waals surface area contributed by atoms with Gasteiger partial charge in [-0.3, -0.25) is 19.5 Å². The molecule has 3 N–H and O–H groups in total. The summed E-state index contributed by atoms with van der Waals surface area (Å²) in [5.74, 6) is -0.420. The third kappa shape index (κ3) is 3.79. The van der Waals surface area contributed by atoms with Crippen molar-refractivity contribution < 1.29 is 9.72 Å². The van der Waals surface area contributed by atoms with Gasteiger partial charge in [0.25, 0.3) is 11.6 Å². The Morgan fingerprint density at radius 2 is 2.07 bits per heavy atom. The van der Waals surface area contributed by atoms with Gasteiger partial charge < -0.3 is 15.6 Å². The largest absolute Gasteiger partial charge is 0.377 e. The maximum atomic E-state index is 12.6. The minimum Gasteiger partial charge on any atom is -0.377 e. The van der Waals surface area contributed by atoms with Gasteiger partial charge in [-0.1, -0.05) is 6.07 Å². The number of amides is 1. The molecule has 1 fully saturated rings. The summed E-state index contributed by atoms with van der Waals surface area (Å²) >= 11 is 5.21. The Balaban J connectivity index is 1.57. The predicted molar refractivity (Wildman–Crippen MR) is 109 cm³/mol. The molecule has 0 aliphatic heterocycles. The number of nitro groups is 1. The molecule has 142 valence electrons. The van der Waals surface area contributed by atoms with Gasteiger partial charge in [-0.25, -0.2) is 0 Å². The van der Waals surface area contributed by atoms with Gasteiger partial charge in [0.2, 0.25) is 0 Å². The third-order valence-corrected chi connectivity index (χ3v) is 4.74. The van der Waals surface area contributed by atoms with Crippen molar-refractivity contribution in [2.45, 2.75) is 18.9 Å². The number of hydrogen-bond acceptors (Lipinski definition) is 5. The lowest BCUT2D eigenvalue weighted by molar-refractivity contribution is -0.384. The highest BCUT2D eigenvalue weighted by Gasteiger charge is 2.25. The number of rotatable bonds is 6. The zero-order valence-corrected chi connectivity index (χ0v) is 15.5. The number of carbonyl (C=O) groups is 1. The second-order valence-electron chi connectivity index (χ2n) is 6.55. The highest BCUT2D eigenvalue weighted by Crippen LogP contribution is 2.31. The Kier molecular flexibility index (Phi) is 4.66. The van der Waals surface area contributed by atoms with Gasteiger partial charge in [0.15, 0.2) is 4.77 Å². The molecule has 4 rings (SSSR count). The molecule has 1 aliphatic rings. The van der Waals surface area contributed by atoms with Crippen LogP contribution in [0.15, 0.2) is 54.9 Å². The normalized spacial score (nSPS) is 13.1. The Hall–Kier alpha value is -3.46. The van der Waals surface area contributed by atoms with Gasteiger partial charge in [0.05, 0.1) is 4.92 Å². The first-order chi connectivity index (χ1) is 13.5. The summed E-state index contributed by atoms with van der Waals surface area (Å²) in [6, 6.07) is 11.9. The zero-order chi connectivity index (χ0) is 19.7. The number of hydrogen-bond donors (Lipinski definition) is 3. The van der Waals surface area contributed by atoms with E-state index in [0.29, 0.717) is 16.1 Å².